The molecule has 2 unspecified atom stereocenters. The van der Waals surface area contributed by atoms with E-state index in [4.69, 9.17) is 11.6 Å². The molecular weight excluding hydrogens is 206 g/mol. The first-order valence-corrected chi connectivity index (χ1v) is 4.29. The molecule has 0 saturated carbocycles. The first-order valence-electron chi connectivity index (χ1n) is 4.29. The normalized spacial score (nSPS) is 26.6. The van der Waals surface area contributed by atoms with Gasteiger partial charge >= 0.3 is 6.29 Å². The molecule has 82 valence electrons. The highest BCUT2D eigenvalue weighted by Crippen LogP contribution is 2.12. The van der Waals surface area contributed by atoms with Crippen LogP contribution in [0.1, 0.15) is 20.3 Å². The van der Waals surface area contributed by atoms with Crippen molar-refractivity contribution in [2.75, 3.05) is 0 Å². The summed E-state index contributed by atoms with van der Waals surface area (Å²) in [6.07, 6.45) is 0.893. The number of halogens is 1. The van der Waals surface area contributed by atoms with Crippen LogP contribution in [0.5, 0.6) is 0 Å². The summed E-state index contributed by atoms with van der Waals surface area (Å²) >= 11 is 0. The Hall–Kier alpha value is -0.720. The van der Waals surface area contributed by atoms with Crippen LogP contribution in [0.15, 0.2) is 4.99 Å². The van der Waals surface area contributed by atoms with Crippen LogP contribution in [0.3, 0.4) is 0 Å². The first kappa shape index (κ1) is 13.3. The fourth-order valence-corrected chi connectivity index (χ4v) is 1.18. The Balaban J connectivity index is 0.00000169. The van der Waals surface area contributed by atoms with Gasteiger partial charge in [-0.05, 0) is 5.92 Å². The molecule has 4 N–H and O–H groups in total. The Morgan fingerprint density at radius 2 is 2.21 bits per heavy atom. The minimum Gasteiger partial charge on any atom is -0.249 e. The zero-order valence-electron chi connectivity index (χ0n) is 8.33. The topological polar surface area (TPSA) is 87.7 Å². The predicted octanol–water partition coefficient (Wildman–Crippen LogP) is 0.0192. The second kappa shape index (κ2) is 5.23. The maximum atomic E-state index is 11.4. The molecule has 0 aromatic rings. The third-order valence-electron chi connectivity index (χ3n) is 1.91. The van der Waals surface area contributed by atoms with Crippen molar-refractivity contribution in [2.24, 2.45) is 22.5 Å². The van der Waals surface area contributed by atoms with Gasteiger partial charge in [-0.1, -0.05) is 13.8 Å². The molecule has 0 fully saturated rings. The fraction of sp³-hybridized carbons (Fsp3) is 0.857. The van der Waals surface area contributed by atoms with Gasteiger partial charge in [-0.3, -0.25) is 0 Å². The minimum atomic E-state index is -0.818. The summed E-state index contributed by atoms with van der Waals surface area (Å²) in [5.41, 5.74) is 5.51. The minimum absolute atomic E-state index is 0. The molecule has 0 bridgehead atoms. The molecule has 1 heterocycles. The zero-order valence-corrected chi connectivity index (χ0v) is 9.15. The maximum absolute atomic E-state index is 11.4. The molecule has 6 nitrogen and oxygen atoms in total. The molecule has 0 amide bonds. The monoisotopic (exact) mass is 222 g/mol. The lowest BCUT2D eigenvalue weighted by atomic mass is 10.1. The third-order valence-corrected chi connectivity index (χ3v) is 1.91. The summed E-state index contributed by atoms with van der Waals surface area (Å²) in [7, 11) is 0. The largest absolute Gasteiger partial charge is 0.349 e. The van der Waals surface area contributed by atoms with Gasteiger partial charge in [0.05, 0.1) is 4.76 Å². The lowest BCUT2D eigenvalue weighted by molar-refractivity contribution is -0.641. The van der Waals surface area contributed by atoms with Crippen LogP contribution in [0, 0.1) is 10.8 Å². The second-order valence-electron chi connectivity index (χ2n) is 3.60. The highest BCUT2D eigenvalue weighted by Gasteiger charge is 2.37. The van der Waals surface area contributed by atoms with Crippen LogP contribution < -0.4 is 11.6 Å². The second-order valence-corrected chi connectivity index (χ2v) is 3.60. The van der Waals surface area contributed by atoms with Gasteiger partial charge in [-0.25, -0.2) is 21.6 Å². The van der Waals surface area contributed by atoms with E-state index in [-0.39, 0.29) is 12.4 Å². The van der Waals surface area contributed by atoms with Gasteiger partial charge in [0.2, 0.25) is 0 Å². The molecule has 0 aromatic carbocycles. The maximum Gasteiger partial charge on any atom is 0.349 e. The van der Waals surface area contributed by atoms with Crippen LogP contribution in [0.25, 0.3) is 0 Å². The van der Waals surface area contributed by atoms with Crippen molar-refractivity contribution in [3.05, 3.63) is 4.91 Å². The number of hydrazine groups is 1. The molecule has 0 spiro atoms. The number of rotatable bonds is 2. The van der Waals surface area contributed by atoms with E-state index < -0.39 is 12.5 Å². The van der Waals surface area contributed by atoms with Crippen LogP contribution in [0.4, 0.5) is 0 Å². The van der Waals surface area contributed by atoms with E-state index >= 15 is 0 Å². The van der Waals surface area contributed by atoms with Gasteiger partial charge < -0.3 is 0 Å². The number of hydrogen-bond donors (Lipinski definition) is 2. The molecule has 14 heavy (non-hydrogen) atoms. The molecule has 0 aromatic heterocycles. The van der Waals surface area contributed by atoms with Gasteiger partial charge in [0, 0.05) is 11.3 Å². The average Bonchev–Trinajstić information content (AvgIpc) is 2.06. The lowest BCUT2D eigenvalue weighted by Crippen LogP contribution is -2.57. The highest BCUT2D eigenvalue weighted by molar-refractivity contribution is 5.85. The van der Waals surface area contributed by atoms with Crippen molar-refractivity contribution < 1.29 is 4.76 Å². The summed E-state index contributed by atoms with van der Waals surface area (Å²) in [4.78, 5) is 15.4. The Morgan fingerprint density at radius 3 is 2.71 bits per heavy atom. The molecule has 2 atom stereocenters. The Labute approximate surface area is 89.3 Å². The molecule has 1 aliphatic rings. The van der Waals surface area contributed by atoms with E-state index in [1.165, 1.54) is 6.34 Å². The van der Waals surface area contributed by atoms with E-state index in [9.17, 15) is 4.91 Å². The molecule has 0 aliphatic carbocycles. The summed E-state index contributed by atoms with van der Waals surface area (Å²) in [5, 5.41) is 1.10. The average molecular weight is 223 g/mol. The van der Waals surface area contributed by atoms with Crippen molar-refractivity contribution in [3.63, 3.8) is 0 Å². The van der Waals surface area contributed by atoms with Crippen molar-refractivity contribution in [1.29, 1.82) is 0 Å². The van der Waals surface area contributed by atoms with E-state index in [1.54, 1.807) is 0 Å². The Morgan fingerprint density at radius 1 is 1.64 bits per heavy atom. The first-order chi connectivity index (χ1) is 6.02. The van der Waals surface area contributed by atoms with Crippen molar-refractivity contribution in [3.8, 4) is 0 Å². The summed E-state index contributed by atoms with van der Waals surface area (Å²) < 4.78 is 0.722. The number of nitrogens with zero attached hydrogens (tertiary/aromatic N) is 3. The summed E-state index contributed by atoms with van der Waals surface area (Å²) in [5.74, 6) is 5.79. The van der Waals surface area contributed by atoms with E-state index in [1.807, 2.05) is 13.8 Å². The van der Waals surface area contributed by atoms with E-state index in [2.05, 4.69) is 4.99 Å². The number of nitrogens with two attached hydrogens (primary N) is 2. The van der Waals surface area contributed by atoms with Crippen LogP contribution in [-0.2, 0) is 0 Å². The van der Waals surface area contributed by atoms with Gasteiger partial charge in [0.25, 0.3) is 6.17 Å². The smallest absolute Gasteiger partial charge is 0.249 e. The van der Waals surface area contributed by atoms with Crippen LogP contribution in [0.2, 0.25) is 0 Å². The molecular formula is C7H17ClN5O+. The molecule has 1 aliphatic heterocycles. The number of nitroso groups, excluding NO2 is 1. The number of hydrogen-bond acceptors (Lipinski definition) is 5. The predicted molar refractivity (Wildman–Crippen MR) is 56.6 cm³/mol. The standard InChI is InChI=1S/C7H16N5O.ClH/c1-5(2)3-6-10-4-11(9)7(8)12(6)13;/h4-7H,3,8-9H2,1-2H3;1H/q+1;. The highest BCUT2D eigenvalue weighted by atomic mass is 35.5. The molecule has 7 heteroatoms. The Bertz CT molecular complexity index is 232. The lowest BCUT2D eigenvalue weighted by Gasteiger charge is -2.21. The number of aliphatic imine (C=N–C) groups is 1. The third kappa shape index (κ3) is 2.90. The van der Waals surface area contributed by atoms with Gasteiger partial charge in [-0.15, -0.1) is 12.4 Å². The SMILES string of the molecule is CC(C)CC1N=CN(N)C(N)[N+]1=O.Cl. The van der Waals surface area contributed by atoms with Gasteiger partial charge in [-0.2, -0.15) is 0 Å². The Kier molecular flexibility index (Phi) is 4.96. The quantitative estimate of drug-likeness (QED) is 0.509. The van der Waals surface area contributed by atoms with Crippen molar-refractivity contribution in [2.45, 2.75) is 32.7 Å². The molecule has 1 rings (SSSR count). The summed E-state index contributed by atoms with van der Waals surface area (Å²) in [6, 6.07) is 0. The van der Waals surface area contributed by atoms with Crippen molar-refractivity contribution in [1.82, 2.24) is 5.01 Å². The van der Waals surface area contributed by atoms with Gasteiger partial charge in [0.1, 0.15) is 6.34 Å². The van der Waals surface area contributed by atoms with Crippen LogP contribution >= 0.6 is 12.4 Å². The van der Waals surface area contributed by atoms with Gasteiger partial charge in [0.15, 0.2) is 0 Å². The zero-order chi connectivity index (χ0) is 10.0. The van der Waals surface area contributed by atoms with Crippen molar-refractivity contribution >= 4 is 18.7 Å². The van der Waals surface area contributed by atoms with E-state index in [0.29, 0.717) is 12.3 Å². The molecule has 0 radical (unpaired) electrons. The fourth-order valence-electron chi connectivity index (χ4n) is 1.18. The van der Waals surface area contributed by atoms with E-state index in [0.717, 1.165) is 9.77 Å². The molecule has 0 saturated heterocycles. The summed E-state index contributed by atoms with van der Waals surface area (Å²) in [6.45, 7) is 4.06. The van der Waals surface area contributed by atoms with Crippen LogP contribution in [-0.4, -0.2) is 28.6 Å².